The van der Waals surface area contributed by atoms with E-state index in [2.05, 4.69) is 0 Å². The molecule has 0 heterocycles. The van der Waals surface area contributed by atoms with E-state index in [0.29, 0.717) is 29.4 Å². The minimum absolute atomic E-state index is 0.141. The van der Waals surface area contributed by atoms with Crippen molar-refractivity contribution in [1.82, 2.24) is 0 Å². The van der Waals surface area contributed by atoms with Gasteiger partial charge in [-0.1, -0.05) is 23.7 Å². The molecule has 0 fully saturated rings. The van der Waals surface area contributed by atoms with E-state index >= 15 is 0 Å². The van der Waals surface area contributed by atoms with E-state index in [4.69, 9.17) is 14.2 Å². The van der Waals surface area contributed by atoms with Crippen molar-refractivity contribution in [2.75, 3.05) is 13.7 Å². The highest BCUT2D eigenvalue weighted by Gasteiger charge is 2.12. The highest BCUT2D eigenvalue weighted by Crippen LogP contribution is 2.33. The molecule has 24 heavy (non-hydrogen) atoms. The fourth-order valence-corrected chi connectivity index (χ4v) is 2.26. The Bertz CT molecular complexity index is 742. The third-order valence-corrected chi connectivity index (χ3v) is 3.39. The van der Waals surface area contributed by atoms with Crippen molar-refractivity contribution < 1.29 is 23.8 Å². The predicted octanol–water partition coefficient (Wildman–Crippen LogP) is 1.66. The van der Waals surface area contributed by atoms with Crippen molar-refractivity contribution in [3.63, 3.8) is 0 Å². The average molecular weight is 326 g/mol. The summed E-state index contributed by atoms with van der Waals surface area (Å²) in [5, 5.41) is 0. The minimum atomic E-state index is -0.308. The quantitative estimate of drug-likeness (QED) is 0.440. The van der Waals surface area contributed by atoms with Crippen LogP contribution >= 0.6 is 0 Å². The van der Waals surface area contributed by atoms with Gasteiger partial charge in [0.25, 0.3) is 0 Å². The highest BCUT2D eigenvalue weighted by molar-refractivity contribution is 6.32. The molecule has 0 aliphatic heterocycles. The summed E-state index contributed by atoms with van der Waals surface area (Å²) in [6.07, 6.45) is 0.889. The molecule has 0 aliphatic rings. The number of carbonyl (C=O) groups is 2. The van der Waals surface area contributed by atoms with Crippen LogP contribution in [-0.4, -0.2) is 33.8 Å². The number of rotatable bonds is 7. The summed E-state index contributed by atoms with van der Waals surface area (Å²) in [6, 6.07) is 10.5. The number of aldehydes is 1. The van der Waals surface area contributed by atoms with E-state index in [9.17, 15) is 9.59 Å². The van der Waals surface area contributed by atoms with Crippen molar-refractivity contribution in [2.45, 2.75) is 13.3 Å². The predicted molar refractivity (Wildman–Crippen MR) is 93.4 cm³/mol. The molecule has 0 spiro atoms. The van der Waals surface area contributed by atoms with Gasteiger partial charge in [0, 0.05) is 0 Å². The Morgan fingerprint density at radius 2 is 1.88 bits per heavy atom. The van der Waals surface area contributed by atoms with Crippen LogP contribution in [0.1, 0.15) is 22.8 Å². The Labute approximate surface area is 141 Å². The van der Waals surface area contributed by atoms with Crippen molar-refractivity contribution in [1.29, 1.82) is 0 Å². The van der Waals surface area contributed by atoms with Gasteiger partial charge in [0.2, 0.25) is 0 Å². The molecule has 0 atom stereocenters. The fourth-order valence-electron chi connectivity index (χ4n) is 2.26. The zero-order valence-electron chi connectivity index (χ0n) is 14.0. The molecular weight excluding hydrogens is 307 g/mol. The standard InChI is InChI=1S/C18H19BO5/c1-3-23-18(21)9-12-4-6-16(22-2)17(8-12)24-15-7-5-14(19)10-13(15)11-20/h4-8,10-11H,3,9,19H2,1-2H3. The van der Waals surface area contributed by atoms with Crippen LogP contribution in [0.5, 0.6) is 17.2 Å². The molecule has 0 bridgehead atoms. The highest BCUT2D eigenvalue weighted by atomic mass is 16.5. The molecule has 2 rings (SSSR count). The zero-order valence-corrected chi connectivity index (χ0v) is 14.0. The second-order valence-electron chi connectivity index (χ2n) is 5.23. The van der Waals surface area contributed by atoms with Crippen LogP contribution < -0.4 is 14.9 Å². The van der Waals surface area contributed by atoms with E-state index in [1.165, 1.54) is 7.11 Å². The van der Waals surface area contributed by atoms with Crippen molar-refractivity contribution in [3.8, 4) is 17.2 Å². The Morgan fingerprint density at radius 3 is 2.54 bits per heavy atom. The first kappa shape index (κ1) is 17.6. The lowest BCUT2D eigenvalue weighted by atomic mass is 9.94. The van der Waals surface area contributed by atoms with Crippen molar-refractivity contribution >= 4 is 25.6 Å². The van der Waals surface area contributed by atoms with E-state index in [1.54, 1.807) is 37.3 Å². The van der Waals surface area contributed by atoms with E-state index in [1.807, 2.05) is 13.9 Å². The molecule has 0 aromatic heterocycles. The number of methoxy groups -OCH3 is 1. The lowest BCUT2D eigenvalue weighted by Gasteiger charge is -2.13. The van der Waals surface area contributed by atoms with Crippen LogP contribution in [0.15, 0.2) is 36.4 Å². The number of esters is 1. The average Bonchev–Trinajstić information content (AvgIpc) is 2.57. The molecule has 2 aromatic carbocycles. The molecule has 0 amide bonds. The molecule has 124 valence electrons. The van der Waals surface area contributed by atoms with E-state index in [-0.39, 0.29) is 12.4 Å². The van der Waals surface area contributed by atoms with Gasteiger partial charge in [-0.3, -0.25) is 9.59 Å². The first-order chi connectivity index (χ1) is 11.6. The first-order valence-electron chi connectivity index (χ1n) is 7.63. The lowest BCUT2D eigenvalue weighted by molar-refractivity contribution is -0.142. The van der Waals surface area contributed by atoms with Crippen LogP contribution in [0.2, 0.25) is 0 Å². The lowest BCUT2D eigenvalue weighted by Crippen LogP contribution is -2.08. The molecule has 0 saturated heterocycles. The summed E-state index contributed by atoms with van der Waals surface area (Å²) in [7, 11) is 3.43. The van der Waals surface area contributed by atoms with Gasteiger partial charge in [0.1, 0.15) is 13.6 Å². The number of ether oxygens (including phenoxy) is 3. The Morgan fingerprint density at radius 1 is 1.12 bits per heavy atom. The topological polar surface area (TPSA) is 61.8 Å². The maximum Gasteiger partial charge on any atom is 0.310 e. The van der Waals surface area contributed by atoms with Crippen LogP contribution in [0.3, 0.4) is 0 Å². The van der Waals surface area contributed by atoms with Gasteiger partial charge in [0.15, 0.2) is 17.8 Å². The number of benzene rings is 2. The fraction of sp³-hybridized carbons (Fsp3) is 0.222. The maximum absolute atomic E-state index is 11.6. The summed E-state index contributed by atoms with van der Waals surface area (Å²) in [5.41, 5.74) is 2.16. The molecular formula is C18H19BO5. The second-order valence-corrected chi connectivity index (χ2v) is 5.23. The first-order valence-corrected chi connectivity index (χ1v) is 7.63. The smallest absolute Gasteiger partial charge is 0.310 e. The summed E-state index contributed by atoms with van der Waals surface area (Å²) in [5.74, 6) is 1.08. The zero-order chi connectivity index (χ0) is 17.5. The van der Waals surface area contributed by atoms with Crippen molar-refractivity contribution in [2.24, 2.45) is 0 Å². The van der Waals surface area contributed by atoms with Gasteiger partial charge in [-0.25, -0.2) is 0 Å². The number of carbonyl (C=O) groups excluding carboxylic acids is 2. The van der Waals surface area contributed by atoms with Gasteiger partial charge in [-0.2, -0.15) is 0 Å². The molecule has 2 aromatic rings. The molecule has 0 unspecified atom stereocenters. The van der Waals surface area contributed by atoms with Gasteiger partial charge in [-0.05, 0) is 30.7 Å². The maximum atomic E-state index is 11.6. The summed E-state index contributed by atoms with van der Waals surface area (Å²) in [6.45, 7) is 2.10. The van der Waals surface area contributed by atoms with E-state index in [0.717, 1.165) is 17.3 Å². The molecule has 5 nitrogen and oxygen atoms in total. The van der Waals surface area contributed by atoms with Gasteiger partial charge in [-0.15, -0.1) is 0 Å². The second kappa shape index (κ2) is 8.20. The van der Waals surface area contributed by atoms with Crippen LogP contribution in [-0.2, 0) is 16.0 Å². The number of hydrogen-bond acceptors (Lipinski definition) is 5. The number of hydrogen-bond donors (Lipinski definition) is 0. The monoisotopic (exact) mass is 326 g/mol. The van der Waals surface area contributed by atoms with Gasteiger partial charge in [0.05, 0.1) is 25.7 Å². The van der Waals surface area contributed by atoms with Crippen LogP contribution in [0, 0.1) is 0 Å². The minimum Gasteiger partial charge on any atom is -0.493 e. The summed E-state index contributed by atoms with van der Waals surface area (Å²) < 4.78 is 16.1. The summed E-state index contributed by atoms with van der Waals surface area (Å²) >= 11 is 0. The van der Waals surface area contributed by atoms with Crippen molar-refractivity contribution in [3.05, 3.63) is 47.5 Å². The molecule has 0 radical (unpaired) electrons. The molecule has 0 aliphatic carbocycles. The van der Waals surface area contributed by atoms with Crippen LogP contribution in [0.25, 0.3) is 0 Å². The Hall–Kier alpha value is -2.76. The van der Waals surface area contributed by atoms with Crippen LogP contribution in [0.4, 0.5) is 0 Å². The van der Waals surface area contributed by atoms with Gasteiger partial charge >= 0.3 is 5.97 Å². The summed E-state index contributed by atoms with van der Waals surface area (Å²) in [4.78, 5) is 22.9. The normalized spacial score (nSPS) is 10.1. The molecule has 6 heteroatoms. The molecule has 0 N–H and O–H groups in total. The third-order valence-electron chi connectivity index (χ3n) is 3.39. The van der Waals surface area contributed by atoms with Gasteiger partial charge < -0.3 is 14.2 Å². The largest absolute Gasteiger partial charge is 0.493 e. The third kappa shape index (κ3) is 4.38. The Kier molecular flexibility index (Phi) is 6.01. The SMILES string of the molecule is Bc1ccc(Oc2cc(CC(=O)OCC)ccc2OC)c(C=O)c1. The molecule has 0 saturated carbocycles. The Balaban J connectivity index is 2.31. The van der Waals surface area contributed by atoms with E-state index < -0.39 is 0 Å².